The Hall–Kier alpha value is -0.0800. The molecular formula is C7H14O2. The molecule has 2 atom stereocenters. The van der Waals surface area contributed by atoms with E-state index >= 15 is 0 Å². The molecule has 0 saturated carbocycles. The minimum atomic E-state index is -0.190. The Morgan fingerprint density at radius 2 is 2.44 bits per heavy atom. The summed E-state index contributed by atoms with van der Waals surface area (Å²) in [6.07, 6.45) is 2.04. The number of aliphatic hydroxyl groups is 1. The maximum atomic E-state index is 9.10. The highest BCUT2D eigenvalue weighted by atomic mass is 16.5. The Morgan fingerprint density at radius 1 is 1.67 bits per heavy atom. The first kappa shape index (κ1) is 7.03. The molecule has 1 saturated heterocycles. The van der Waals surface area contributed by atoms with Crippen LogP contribution in [0.15, 0.2) is 0 Å². The molecule has 1 heterocycles. The summed E-state index contributed by atoms with van der Waals surface area (Å²) in [6, 6.07) is 0. The molecule has 0 amide bonds. The van der Waals surface area contributed by atoms with E-state index in [4.69, 9.17) is 9.84 Å². The van der Waals surface area contributed by atoms with Crippen molar-refractivity contribution in [2.45, 2.75) is 25.9 Å². The van der Waals surface area contributed by atoms with Gasteiger partial charge in [0.05, 0.1) is 12.7 Å². The van der Waals surface area contributed by atoms with Gasteiger partial charge in [0.2, 0.25) is 0 Å². The van der Waals surface area contributed by atoms with Gasteiger partial charge >= 0.3 is 0 Å². The van der Waals surface area contributed by atoms with Gasteiger partial charge in [-0.05, 0) is 19.8 Å². The molecule has 0 bridgehead atoms. The second-order valence-electron chi connectivity index (χ2n) is 2.72. The van der Waals surface area contributed by atoms with Crippen molar-refractivity contribution in [3.05, 3.63) is 0 Å². The van der Waals surface area contributed by atoms with Crippen molar-refractivity contribution >= 4 is 0 Å². The zero-order chi connectivity index (χ0) is 6.69. The molecule has 1 unspecified atom stereocenters. The molecular weight excluding hydrogens is 116 g/mol. The van der Waals surface area contributed by atoms with E-state index in [1.165, 1.54) is 0 Å². The maximum Gasteiger partial charge on any atom is 0.0562 e. The second kappa shape index (κ2) is 3.18. The Bertz CT molecular complexity index is 75.0. The fraction of sp³-hybridized carbons (Fsp3) is 1.00. The molecule has 0 aromatic carbocycles. The first-order valence-corrected chi connectivity index (χ1v) is 3.56. The monoisotopic (exact) mass is 130 g/mol. The summed E-state index contributed by atoms with van der Waals surface area (Å²) >= 11 is 0. The van der Waals surface area contributed by atoms with Gasteiger partial charge in [-0.25, -0.2) is 0 Å². The molecule has 0 aromatic heterocycles. The van der Waals surface area contributed by atoms with Crippen LogP contribution in [0.3, 0.4) is 0 Å². The largest absolute Gasteiger partial charge is 0.393 e. The van der Waals surface area contributed by atoms with E-state index in [-0.39, 0.29) is 6.10 Å². The van der Waals surface area contributed by atoms with Gasteiger partial charge in [-0.3, -0.25) is 0 Å². The number of ether oxygens (including phenoxy) is 1. The number of hydrogen-bond donors (Lipinski definition) is 1. The third kappa shape index (κ3) is 1.95. The topological polar surface area (TPSA) is 29.5 Å². The molecule has 1 N–H and O–H groups in total. The summed E-state index contributed by atoms with van der Waals surface area (Å²) in [5, 5.41) is 9.10. The summed E-state index contributed by atoms with van der Waals surface area (Å²) in [5.41, 5.74) is 0. The SMILES string of the molecule is C[C@H](O)C1CCCOC1. The molecule has 0 spiro atoms. The highest BCUT2D eigenvalue weighted by Crippen LogP contribution is 2.16. The van der Waals surface area contributed by atoms with Gasteiger partial charge in [-0.15, -0.1) is 0 Å². The Labute approximate surface area is 55.8 Å². The van der Waals surface area contributed by atoms with Gasteiger partial charge < -0.3 is 9.84 Å². The molecule has 9 heavy (non-hydrogen) atoms. The van der Waals surface area contributed by atoms with E-state index in [9.17, 15) is 0 Å². The third-order valence-electron chi connectivity index (χ3n) is 1.88. The molecule has 2 heteroatoms. The van der Waals surface area contributed by atoms with Gasteiger partial charge in [0.15, 0.2) is 0 Å². The van der Waals surface area contributed by atoms with Crippen LogP contribution in [0, 0.1) is 5.92 Å². The highest BCUT2D eigenvalue weighted by molar-refractivity contribution is 4.67. The Kier molecular flexibility index (Phi) is 2.49. The first-order chi connectivity index (χ1) is 4.30. The van der Waals surface area contributed by atoms with Crippen LogP contribution in [-0.2, 0) is 4.74 Å². The molecule has 1 aliphatic heterocycles. The van der Waals surface area contributed by atoms with Gasteiger partial charge in [0.25, 0.3) is 0 Å². The molecule has 0 aliphatic carbocycles. The van der Waals surface area contributed by atoms with E-state index in [1.807, 2.05) is 6.92 Å². The summed E-state index contributed by atoms with van der Waals surface area (Å²) in [6.45, 7) is 3.46. The van der Waals surface area contributed by atoms with Gasteiger partial charge in [-0.2, -0.15) is 0 Å². The van der Waals surface area contributed by atoms with Crippen LogP contribution in [0.1, 0.15) is 19.8 Å². The maximum absolute atomic E-state index is 9.10. The normalized spacial score (nSPS) is 32.0. The average molecular weight is 130 g/mol. The van der Waals surface area contributed by atoms with Crippen LogP contribution in [-0.4, -0.2) is 24.4 Å². The lowest BCUT2D eigenvalue weighted by atomic mass is 9.97. The van der Waals surface area contributed by atoms with Crippen molar-refractivity contribution in [1.29, 1.82) is 0 Å². The number of aliphatic hydroxyl groups excluding tert-OH is 1. The molecule has 54 valence electrons. The van der Waals surface area contributed by atoms with Crippen LogP contribution in [0.4, 0.5) is 0 Å². The summed E-state index contributed by atoms with van der Waals surface area (Å²) in [7, 11) is 0. The van der Waals surface area contributed by atoms with Gasteiger partial charge in [0.1, 0.15) is 0 Å². The highest BCUT2D eigenvalue weighted by Gasteiger charge is 2.17. The lowest BCUT2D eigenvalue weighted by Crippen LogP contribution is -2.26. The fourth-order valence-corrected chi connectivity index (χ4v) is 1.15. The predicted octanol–water partition coefficient (Wildman–Crippen LogP) is 0.794. The molecule has 0 aromatic rings. The average Bonchev–Trinajstić information content (AvgIpc) is 1.90. The van der Waals surface area contributed by atoms with Crippen LogP contribution in [0.2, 0.25) is 0 Å². The molecule has 2 nitrogen and oxygen atoms in total. The van der Waals surface area contributed by atoms with E-state index in [1.54, 1.807) is 0 Å². The van der Waals surface area contributed by atoms with Crippen molar-refractivity contribution in [2.24, 2.45) is 5.92 Å². The zero-order valence-corrected chi connectivity index (χ0v) is 5.84. The smallest absolute Gasteiger partial charge is 0.0562 e. The van der Waals surface area contributed by atoms with Crippen molar-refractivity contribution < 1.29 is 9.84 Å². The quantitative estimate of drug-likeness (QED) is 0.568. The molecule has 1 rings (SSSR count). The van der Waals surface area contributed by atoms with E-state index in [0.29, 0.717) is 5.92 Å². The van der Waals surface area contributed by atoms with Gasteiger partial charge in [-0.1, -0.05) is 0 Å². The van der Waals surface area contributed by atoms with Gasteiger partial charge in [0, 0.05) is 12.5 Å². The fourth-order valence-electron chi connectivity index (χ4n) is 1.15. The number of rotatable bonds is 1. The van der Waals surface area contributed by atoms with Crippen LogP contribution < -0.4 is 0 Å². The summed E-state index contributed by atoms with van der Waals surface area (Å²) in [4.78, 5) is 0. The lowest BCUT2D eigenvalue weighted by molar-refractivity contribution is -0.00174. The van der Waals surface area contributed by atoms with Crippen molar-refractivity contribution in [3.63, 3.8) is 0 Å². The Morgan fingerprint density at radius 3 is 2.78 bits per heavy atom. The predicted molar refractivity (Wildman–Crippen MR) is 35.2 cm³/mol. The van der Waals surface area contributed by atoms with Crippen molar-refractivity contribution in [3.8, 4) is 0 Å². The van der Waals surface area contributed by atoms with E-state index < -0.39 is 0 Å². The van der Waals surface area contributed by atoms with Crippen LogP contribution in [0.25, 0.3) is 0 Å². The first-order valence-electron chi connectivity index (χ1n) is 3.56. The Balaban J connectivity index is 2.23. The van der Waals surface area contributed by atoms with Crippen LogP contribution >= 0.6 is 0 Å². The minimum Gasteiger partial charge on any atom is -0.393 e. The third-order valence-corrected chi connectivity index (χ3v) is 1.88. The van der Waals surface area contributed by atoms with Crippen LogP contribution in [0.5, 0.6) is 0 Å². The molecule has 1 aliphatic rings. The zero-order valence-electron chi connectivity index (χ0n) is 5.84. The van der Waals surface area contributed by atoms with E-state index in [2.05, 4.69) is 0 Å². The summed E-state index contributed by atoms with van der Waals surface area (Å²) in [5.74, 6) is 0.388. The lowest BCUT2D eigenvalue weighted by Gasteiger charge is -2.23. The number of hydrogen-bond acceptors (Lipinski definition) is 2. The standard InChI is InChI=1S/C7H14O2/c1-6(8)7-3-2-4-9-5-7/h6-8H,2-5H2,1H3/t6-,7?/m0/s1. The van der Waals surface area contributed by atoms with Crippen molar-refractivity contribution in [1.82, 2.24) is 0 Å². The minimum absolute atomic E-state index is 0.190. The van der Waals surface area contributed by atoms with Crippen molar-refractivity contribution in [2.75, 3.05) is 13.2 Å². The molecule has 1 fully saturated rings. The second-order valence-corrected chi connectivity index (χ2v) is 2.72. The van der Waals surface area contributed by atoms with E-state index in [0.717, 1.165) is 26.1 Å². The summed E-state index contributed by atoms with van der Waals surface area (Å²) < 4.78 is 5.18. The molecule has 0 radical (unpaired) electrons.